The lowest BCUT2D eigenvalue weighted by atomic mass is 9.81. The van der Waals surface area contributed by atoms with E-state index in [-0.39, 0.29) is 44.0 Å². The Hall–Kier alpha value is -6.26. The van der Waals surface area contributed by atoms with Gasteiger partial charge in [-0.25, -0.2) is 24.0 Å². The fourth-order valence-electron chi connectivity index (χ4n) is 8.97. The van der Waals surface area contributed by atoms with E-state index in [0.29, 0.717) is 6.42 Å². The largest absolute Gasteiger partial charge is 0.523 e. The van der Waals surface area contributed by atoms with Crippen molar-refractivity contribution in [2.75, 3.05) is 33.0 Å². The van der Waals surface area contributed by atoms with Crippen molar-refractivity contribution in [3.63, 3.8) is 0 Å². The molecule has 1 N–H and O–H groups in total. The summed E-state index contributed by atoms with van der Waals surface area (Å²) in [6, 6.07) is 9.54. The molecule has 1 aromatic carbocycles. The number of carbonyl (C=O) groups excluding carboxylic acids is 6. The minimum absolute atomic E-state index is 0.0278. The number of alkyl halides is 3. The number of carbonyl (C=O) groups is 6. The Balaban J connectivity index is -0.00000105. The molecule has 3 heterocycles. The Bertz CT molecular complexity index is 2290. The van der Waals surface area contributed by atoms with Crippen LogP contribution in [0, 0.1) is 40.9 Å². The summed E-state index contributed by atoms with van der Waals surface area (Å²) < 4.78 is 91.4. The number of hydrogen-bond acceptors (Lipinski definition) is 15. The number of Topliss-reactive ketones (excluding diaryl/α,β-unsaturated/α-hetero) is 1. The van der Waals surface area contributed by atoms with Gasteiger partial charge in [-0.1, -0.05) is 185 Å². The van der Waals surface area contributed by atoms with E-state index in [1.165, 1.54) is 47.4 Å². The second-order valence-electron chi connectivity index (χ2n) is 23.0. The molecule has 0 aliphatic carbocycles. The van der Waals surface area contributed by atoms with Gasteiger partial charge in [0.25, 0.3) is 0 Å². The highest BCUT2D eigenvalue weighted by atomic mass is 32.2. The second kappa shape index (κ2) is 34.5. The molecule has 4 rings (SSSR count). The van der Waals surface area contributed by atoms with E-state index in [1.807, 2.05) is 80.5 Å². The van der Waals surface area contributed by atoms with Crippen molar-refractivity contribution in [1.29, 1.82) is 0 Å². The molecule has 474 valence electrons. The van der Waals surface area contributed by atoms with Crippen LogP contribution in [-0.4, -0.2) is 138 Å². The first-order chi connectivity index (χ1) is 38.2. The summed E-state index contributed by atoms with van der Waals surface area (Å²) in [5.41, 5.74) is -10.2. The predicted octanol–water partition coefficient (Wildman–Crippen LogP) is 12.9. The third-order valence-corrected chi connectivity index (χ3v) is 14.4. The van der Waals surface area contributed by atoms with Crippen molar-refractivity contribution in [2.24, 2.45) is 34.0 Å². The number of ether oxygens (including phenoxy) is 5. The molecule has 22 heteroatoms. The number of aliphatic hydroxyl groups is 1. The molecule has 3 fully saturated rings. The molecule has 0 saturated carbocycles. The molecular formula is C61H98F3N3O15S. The van der Waals surface area contributed by atoms with Gasteiger partial charge in [-0.15, -0.1) is 39.5 Å². The third kappa shape index (κ3) is 19.9. The van der Waals surface area contributed by atoms with E-state index in [9.17, 15) is 55.5 Å². The lowest BCUT2D eigenvalue weighted by molar-refractivity contribution is -0.151. The normalized spacial score (nSPS) is 22.1. The van der Waals surface area contributed by atoms with E-state index in [2.05, 4.69) is 82.4 Å². The number of cyclic esters (lactones) is 2. The van der Waals surface area contributed by atoms with Gasteiger partial charge in [0.1, 0.15) is 30.9 Å². The molecule has 0 bridgehead atoms. The average molecular weight is 1200 g/mol. The lowest BCUT2D eigenvalue weighted by Crippen LogP contribution is -2.61. The fourth-order valence-corrected chi connectivity index (χ4v) is 9.44. The zero-order valence-electron chi connectivity index (χ0n) is 52.4. The van der Waals surface area contributed by atoms with E-state index < -0.39 is 116 Å². The van der Waals surface area contributed by atoms with Crippen LogP contribution in [0.15, 0.2) is 108 Å². The SMILES string of the molecule is C=C.C=C.C=C.C=CCOC(=O)N1[C@@H](C(C)(C)C)CC(=O)[C@@]1(COS(=O)(=O)C(F)(F)F)C(C)C.C=CCOC(=O)N1[C@@H](C(C)(C)C)OC(=O)[C@@]1(CC)C(C)C.C=CCOC(=O)N1[C@@H](C(C)(C)C)OC(=O)[C@@]1(CO)C(C)C.Cc1ccccc1. The van der Waals surface area contributed by atoms with Crippen molar-refractivity contribution in [1.82, 2.24) is 14.7 Å². The fraction of sp³-hybridized carbons (Fsp3) is 0.607. The molecule has 3 amide bonds. The van der Waals surface area contributed by atoms with Gasteiger partial charge in [-0.2, -0.15) is 21.6 Å². The van der Waals surface area contributed by atoms with Gasteiger partial charge in [-0.3, -0.25) is 23.7 Å². The first-order valence-corrected chi connectivity index (χ1v) is 28.3. The number of nitrogens with zero attached hydrogens (tertiary/aromatic N) is 3. The van der Waals surface area contributed by atoms with Gasteiger partial charge < -0.3 is 28.8 Å². The van der Waals surface area contributed by atoms with Crippen molar-refractivity contribution in [2.45, 2.75) is 171 Å². The van der Waals surface area contributed by atoms with Crippen LogP contribution in [0.5, 0.6) is 0 Å². The predicted molar refractivity (Wildman–Crippen MR) is 318 cm³/mol. The summed E-state index contributed by atoms with van der Waals surface area (Å²) in [6.45, 7) is 57.7. The molecule has 6 atom stereocenters. The highest BCUT2D eigenvalue weighted by molar-refractivity contribution is 7.87. The maximum absolute atomic E-state index is 12.9. The minimum Gasteiger partial charge on any atom is -0.445 e. The van der Waals surface area contributed by atoms with Crippen molar-refractivity contribution < 1.29 is 83.3 Å². The second-order valence-corrected chi connectivity index (χ2v) is 24.6. The van der Waals surface area contributed by atoms with Crippen molar-refractivity contribution >= 4 is 46.1 Å². The Morgan fingerprint density at radius 1 is 0.639 bits per heavy atom. The first kappa shape index (κ1) is 81.0. The molecule has 0 aromatic heterocycles. The van der Waals surface area contributed by atoms with Gasteiger partial charge in [-0.05, 0) is 36.5 Å². The van der Waals surface area contributed by atoms with E-state index in [1.54, 1.807) is 34.6 Å². The summed E-state index contributed by atoms with van der Waals surface area (Å²) in [6.07, 6.45) is 0.960. The summed E-state index contributed by atoms with van der Waals surface area (Å²) in [5, 5.41) is 9.82. The van der Waals surface area contributed by atoms with Gasteiger partial charge in [0.2, 0.25) is 0 Å². The lowest BCUT2D eigenvalue weighted by Gasteiger charge is -2.44. The van der Waals surface area contributed by atoms with Crippen LogP contribution in [-0.2, 0) is 52.4 Å². The standard InChI is InChI=1S/C17H26F3NO6S.C16H27NO4.C15H25NO5.C7H8.3C2H4/c1-7-8-26-14(23)21-12(15(4,5)6)9-13(22)16(21,11(2)3)10-27-28(24,25)17(18,19)20;1-8-10-20-14(19)17-12(15(5,6)7)21-13(18)16(17,9-2)11(3)4;1-7-8-20-13(19)16-11(14(4,5)6)21-12(18)15(16,9-17)10(2)3;1-7-5-3-2-4-6-7;3*1-2/h7,11-12H,1,8-10H2,2-6H3;8,11-12H,1,9-10H2,2-7H3;7,10-11,17H,1,8-9H2,2-6H3;2-6H,1H3;3*1-2H2/t2*12-,16-;11-,15-;;;;/m111..../s1. The zero-order valence-corrected chi connectivity index (χ0v) is 53.3. The van der Waals surface area contributed by atoms with Crippen molar-refractivity contribution in [3.8, 4) is 0 Å². The maximum Gasteiger partial charge on any atom is 0.523 e. The summed E-state index contributed by atoms with van der Waals surface area (Å²) in [7, 11) is -5.95. The minimum atomic E-state index is -5.95. The topological polar surface area (TPSA) is 222 Å². The van der Waals surface area contributed by atoms with Gasteiger partial charge in [0.15, 0.2) is 23.8 Å². The summed E-state index contributed by atoms with van der Waals surface area (Å²) in [4.78, 5) is 79.2. The average Bonchev–Trinajstić information content (AvgIpc) is 4.03. The number of likely N-dealkylation sites (tertiary alicyclic amines) is 1. The van der Waals surface area contributed by atoms with Crippen LogP contribution < -0.4 is 0 Å². The number of rotatable bonds is 14. The Kier molecular flexibility index (Phi) is 33.7. The first-order valence-electron chi connectivity index (χ1n) is 26.9. The number of benzene rings is 1. The van der Waals surface area contributed by atoms with E-state index >= 15 is 0 Å². The van der Waals surface area contributed by atoms with Crippen LogP contribution in [0.25, 0.3) is 0 Å². The number of amides is 3. The number of esters is 2. The number of aliphatic hydroxyl groups excluding tert-OH is 1. The number of aryl methyl sites for hydroxylation is 1. The zero-order chi connectivity index (χ0) is 66.1. The van der Waals surface area contributed by atoms with Gasteiger partial charge >= 0.3 is 45.8 Å². The maximum atomic E-state index is 12.9. The van der Waals surface area contributed by atoms with Crippen LogP contribution in [0.1, 0.15) is 129 Å². The molecule has 1 aromatic rings. The third-order valence-electron chi connectivity index (χ3n) is 13.4. The quantitative estimate of drug-likeness (QED) is 0.0601. The molecule has 18 nitrogen and oxygen atoms in total. The molecule has 83 heavy (non-hydrogen) atoms. The van der Waals surface area contributed by atoms with Crippen molar-refractivity contribution in [3.05, 3.63) is 113 Å². The number of ketones is 1. The van der Waals surface area contributed by atoms with Gasteiger partial charge in [0.05, 0.1) is 13.2 Å². The highest BCUT2D eigenvalue weighted by Crippen LogP contribution is 2.47. The number of halogens is 3. The molecular weight excluding hydrogens is 1100 g/mol. The van der Waals surface area contributed by atoms with Crippen LogP contribution in [0.3, 0.4) is 0 Å². The molecule has 0 unspecified atom stereocenters. The Morgan fingerprint density at radius 3 is 1.24 bits per heavy atom. The molecule has 3 saturated heterocycles. The monoisotopic (exact) mass is 1200 g/mol. The van der Waals surface area contributed by atoms with Crippen LogP contribution in [0.4, 0.5) is 27.6 Å². The molecule has 3 aliphatic rings. The Morgan fingerprint density at radius 2 is 0.976 bits per heavy atom. The van der Waals surface area contributed by atoms with Crippen LogP contribution in [0.2, 0.25) is 0 Å². The van der Waals surface area contributed by atoms with Crippen LogP contribution >= 0.6 is 0 Å². The Labute approximate surface area is 493 Å². The molecule has 0 radical (unpaired) electrons. The molecule has 3 aliphatic heterocycles. The summed E-state index contributed by atoms with van der Waals surface area (Å²) >= 11 is 0. The van der Waals surface area contributed by atoms with E-state index in [0.717, 1.165) is 4.90 Å². The summed E-state index contributed by atoms with van der Waals surface area (Å²) in [5.74, 6) is -2.68. The molecule has 0 spiro atoms. The number of hydrogen-bond donors (Lipinski definition) is 1. The highest BCUT2D eigenvalue weighted by Gasteiger charge is 2.64. The van der Waals surface area contributed by atoms with E-state index in [4.69, 9.17) is 23.7 Å². The smallest absolute Gasteiger partial charge is 0.445 e. The van der Waals surface area contributed by atoms with Gasteiger partial charge in [0, 0.05) is 23.3 Å².